The van der Waals surface area contributed by atoms with Gasteiger partial charge in [-0.15, -0.1) is 0 Å². The highest BCUT2D eigenvalue weighted by atomic mass is 16.5. The van der Waals surface area contributed by atoms with Crippen LogP contribution in [0.1, 0.15) is 39.2 Å². The fourth-order valence-corrected chi connectivity index (χ4v) is 2.91. The van der Waals surface area contributed by atoms with Crippen molar-refractivity contribution in [2.45, 2.75) is 40.2 Å². The van der Waals surface area contributed by atoms with Crippen molar-refractivity contribution in [2.24, 2.45) is 16.8 Å². The molecule has 0 spiro atoms. The van der Waals surface area contributed by atoms with Crippen LogP contribution in [0.15, 0.2) is 29.3 Å². The molecule has 1 amide bonds. The standard InChI is InChI=1S/C22H38N4O3/c1-6-23-22(25-15-19(10-11-27)12-17(2)3)24-14-18-8-7-9-20(13-18)29-16-21(28)26(4)5/h7-9,13,17,19,27H,6,10-12,14-16H2,1-5H3,(H2,23,24,25). The van der Waals surface area contributed by atoms with E-state index in [0.29, 0.717) is 24.1 Å². The Morgan fingerprint density at radius 1 is 1.28 bits per heavy atom. The summed E-state index contributed by atoms with van der Waals surface area (Å²) in [5.74, 6) is 2.34. The molecule has 0 fully saturated rings. The van der Waals surface area contributed by atoms with Crippen LogP contribution in [0.3, 0.4) is 0 Å². The van der Waals surface area contributed by atoms with Gasteiger partial charge in [-0.1, -0.05) is 26.0 Å². The van der Waals surface area contributed by atoms with Crippen LogP contribution in [0.2, 0.25) is 0 Å². The van der Waals surface area contributed by atoms with Crippen molar-refractivity contribution in [1.82, 2.24) is 15.5 Å². The number of hydrogen-bond acceptors (Lipinski definition) is 4. The monoisotopic (exact) mass is 406 g/mol. The Labute approximate surface area is 175 Å². The van der Waals surface area contributed by atoms with E-state index in [2.05, 4.69) is 29.5 Å². The maximum atomic E-state index is 11.7. The second-order valence-electron chi connectivity index (χ2n) is 7.81. The van der Waals surface area contributed by atoms with Gasteiger partial charge in [0.05, 0.1) is 6.54 Å². The first-order valence-electron chi connectivity index (χ1n) is 10.4. The minimum Gasteiger partial charge on any atom is -0.484 e. The predicted molar refractivity (Wildman–Crippen MR) is 118 cm³/mol. The highest BCUT2D eigenvalue weighted by Crippen LogP contribution is 2.15. The summed E-state index contributed by atoms with van der Waals surface area (Å²) in [5, 5.41) is 16.0. The minimum absolute atomic E-state index is 0.0199. The normalized spacial score (nSPS) is 12.6. The summed E-state index contributed by atoms with van der Waals surface area (Å²) in [6.07, 6.45) is 1.85. The number of aliphatic imine (C=N–C) groups is 1. The molecule has 0 aliphatic rings. The molecule has 29 heavy (non-hydrogen) atoms. The van der Waals surface area contributed by atoms with Gasteiger partial charge in [-0.25, -0.2) is 4.99 Å². The van der Waals surface area contributed by atoms with Crippen LogP contribution < -0.4 is 15.4 Å². The van der Waals surface area contributed by atoms with E-state index in [-0.39, 0.29) is 19.1 Å². The molecule has 0 aromatic heterocycles. The number of nitrogens with one attached hydrogen (secondary N) is 2. The van der Waals surface area contributed by atoms with Crippen molar-refractivity contribution in [3.05, 3.63) is 29.8 Å². The molecule has 164 valence electrons. The summed E-state index contributed by atoms with van der Waals surface area (Å²) in [6.45, 7) is 8.71. The average Bonchev–Trinajstić information content (AvgIpc) is 2.68. The number of rotatable bonds is 12. The molecule has 1 rings (SSSR count). The van der Waals surface area contributed by atoms with Gasteiger partial charge in [-0.05, 0) is 49.3 Å². The molecular weight excluding hydrogens is 368 g/mol. The number of benzene rings is 1. The van der Waals surface area contributed by atoms with Crippen LogP contribution >= 0.6 is 0 Å². The minimum atomic E-state index is -0.0779. The van der Waals surface area contributed by atoms with Crippen molar-refractivity contribution in [2.75, 3.05) is 40.4 Å². The lowest BCUT2D eigenvalue weighted by Gasteiger charge is -2.20. The molecular formula is C22H38N4O3. The number of aliphatic hydroxyl groups is 1. The Balaban J connectivity index is 2.67. The number of likely N-dealkylation sites (N-methyl/N-ethyl adjacent to an activating group) is 1. The fraction of sp³-hybridized carbons (Fsp3) is 0.636. The van der Waals surface area contributed by atoms with Crippen molar-refractivity contribution >= 4 is 11.9 Å². The largest absolute Gasteiger partial charge is 0.484 e. The zero-order valence-corrected chi connectivity index (χ0v) is 18.6. The topological polar surface area (TPSA) is 86.2 Å². The molecule has 0 aliphatic carbocycles. The molecule has 7 nitrogen and oxygen atoms in total. The molecule has 0 radical (unpaired) electrons. The Kier molecular flexibility index (Phi) is 11.8. The molecule has 0 bridgehead atoms. The predicted octanol–water partition coefficient (Wildman–Crippen LogP) is 2.25. The molecule has 0 saturated heterocycles. The quantitative estimate of drug-likeness (QED) is 0.366. The Morgan fingerprint density at radius 3 is 2.66 bits per heavy atom. The van der Waals surface area contributed by atoms with Gasteiger partial charge in [-0.2, -0.15) is 0 Å². The van der Waals surface area contributed by atoms with Gasteiger partial charge in [0.25, 0.3) is 5.91 Å². The van der Waals surface area contributed by atoms with E-state index >= 15 is 0 Å². The Bertz CT molecular complexity index is 632. The second kappa shape index (κ2) is 13.8. The number of carbonyl (C=O) groups is 1. The van der Waals surface area contributed by atoms with E-state index in [4.69, 9.17) is 4.74 Å². The molecule has 3 N–H and O–H groups in total. The van der Waals surface area contributed by atoms with Crippen LogP contribution in [0.25, 0.3) is 0 Å². The number of aliphatic hydroxyl groups excluding tert-OH is 1. The van der Waals surface area contributed by atoms with E-state index in [0.717, 1.165) is 37.5 Å². The van der Waals surface area contributed by atoms with Crippen LogP contribution in [0.4, 0.5) is 0 Å². The lowest BCUT2D eigenvalue weighted by molar-refractivity contribution is -0.130. The van der Waals surface area contributed by atoms with Crippen LogP contribution in [0.5, 0.6) is 5.75 Å². The average molecular weight is 407 g/mol. The molecule has 7 heteroatoms. The lowest BCUT2D eigenvalue weighted by atomic mass is 9.94. The molecule has 0 aliphatic heterocycles. The first-order chi connectivity index (χ1) is 13.8. The van der Waals surface area contributed by atoms with Gasteiger partial charge < -0.3 is 25.4 Å². The third kappa shape index (κ3) is 10.7. The molecule has 1 atom stereocenters. The van der Waals surface area contributed by atoms with Crippen molar-refractivity contribution in [3.63, 3.8) is 0 Å². The van der Waals surface area contributed by atoms with Crippen molar-refractivity contribution in [1.29, 1.82) is 0 Å². The summed E-state index contributed by atoms with van der Waals surface area (Å²) in [5.41, 5.74) is 1.01. The fourth-order valence-electron chi connectivity index (χ4n) is 2.91. The van der Waals surface area contributed by atoms with E-state index in [1.165, 1.54) is 4.90 Å². The van der Waals surface area contributed by atoms with Crippen molar-refractivity contribution in [3.8, 4) is 5.75 Å². The van der Waals surface area contributed by atoms with E-state index in [9.17, 15) is 9.90 Å². The van der Waals surface area contributed by atoms with Gasteiger partial charge in [0.1, 0.15) is 5.75 Å². The smallest absolute Gasteiger partial charge is 0.259 e. The summed E-state index contributed by atoms with van der Waals surface area (Å²) < 4.78 is 5.57. The molecule has 0 saturated carbocycles. The zero-order valence-electron chi connectivity index (χ0n) is 18.6. The SMILES string of the molecule is CCNC(=NCc1cccc(OCC(=O)N(C)C)c1)NCC(CCO)CC(C)C. The van der Waals surface area contributed by atoms with Crippen LogP contribution in [0, 0.1) is 11.8 Å². The third-order valence-electron chi connectivity index (χ3n) is 4.42. The summed E-state index contributed by atoms with van der Waals surface area (Å²) in [7, 11) is 3.41. The Morgan fingerprint density at radius 2 is 2.03 bits per heavy atom. The van der Waals surface area contributed by atoms with Gasteiger partial charge in [0.2, 0.25) is 0 Å². The molecule has 1 aromatic rings. The maximum Gasteiger partial charge on any atom is 0.259 e. The molecule has 1 aromatic carbocycles. The maximum absolute atomic E-state index is 11.7. The first kappa shape index (κ1) is 24.8. The summed E-state index contributed by atoms with van der Waals surface area (Å²) in [4.78, 5) is 17.8. The number of guanidine groups is 1. The third-order valence-corrected chi connectivity index (χ3v) is 4.42. The summed E-state index contributed by atoms with van der Waals surface area (Å²) >= 11 is 0. The van der Waals surface area contributed by atoms with E-state index in [1.54, 1.807) is 14.1 Å². The van der Waals surface area contributed by atoms with Gasteiger partial charge in [0, 0.05) is 33.8 Å². The molecule has 0 heterocycles. The number of hydrogen-bond donors (Lipinski definition) is 3. The first-order valence-corrected chi connectivity index (χ1v) is 10.4. The highest BCUT2D eigenvalue weighted by molar-refractivity contribution is 5.79. The van der Waals surface area contributed by atoms with E-state index < -0.39 is 0 Å². The zero-order chi connectivity index (χ0) is 21.6. The number of nitrogens with zero attached hydrogens (tertiary/aromatic N) is 2. The van der Waals surface area contributed by atoms with Crippen molar-refractivity contribution < 1.29 is 14.6 Å². The Hall–Kier alpha value is -2.28. The number of ether oxygens (including phenoxy) is 1. The highest BCUT2D eigenvalue weighted by Gasteiger charge is 2.11. The number of carbonyl (C=O) groups excluding carboxylic acids is 1. The van der Waals surface area contributed by atoms with Crippen LogP contribution in [-0.2, 0) is 11.3 Å². The van der Waals surface area contributed by atoms with E-state index in [1.807, 2.05) is 31.2 Å². The number of amides is 1. The summed E-state index contributed by atoms with van der Waals surface area (Å²) in [6, 6.07) is 7.63. The molecule has 1 unspecified atom stereocenters. The van der Waals surface area contributed by atoms with Crippen LogP contribution in [-0.4, -0.2) is 62.3 Å². The lowest BCUT2D eigenvalue weighted by Crippen LogP contribution is -2.40. The van der Waals surface area contributed by atoms with Gasteiger partial charge >= 0.3 is 0 Å². The van der Waals surface area contributed by atoms with Gasteiger partial charge in [0.15, 0.2) is 12.6 Å². The second-order valence-corrected chi connectivity index (χ2v) is 7.81. The van der Waals surface area contributed by atoms with Gasteiger partial charge in [-0.3, -0.25) is 4.79 Å².